The molecule has 1 atom stereocenters. The van der Waals surface area contributed by atoms with Crippen molar-refractivity contribution >= 4 is 11.6 Å². The molecule has 28 heavy (non-hydrogen) atoms. The standard InChI is InChI=1S/C18H20N4O6/c1-11-4-5-17(20-19-11)28-12-6-7-21(10-12)18(23)13-8-15(26-2)16(27-3)9-14(13)22(24)25/h4-5,8-9,12H,6-7,10H2,1-3H3. The van der Waals surface area contributed by atoms with Gasteiger partial charge < -0.3 is 19.1 Å². The Labute approximate surface area is 161 Å². The highest BCUT2D eigenvalue weighted by Gasteiger charge is 2.33. The van der Waals surface area contributed by atoms with Crippen LogP contribution in [0.1, 0.15) is 22.5 Å². The van der Waals surface area contributed by atoms with Crippen LogP contribution >= 0.6 is 0 Å². The van der Waals surface area contributed by atoms with Crippen LogP contribution in [-0.2, 0) is 0 Å². The van der Waals surface area contributed by atoms with Crippen molar-refractivity contribution in [3.63, 3.8) is 0 Å². The number of benzene rings is 1. The maximum absolute atomic E-state index is 12.9. The van der Waals surface area contributed by atoms with Crippen molar-refractivity contribution < 1.29 is 23.9 Å². The summed E-state index contributed by atoms with van der Waals surface area (Å²) in [4.78, 5) is 25.3. The Bertz CT molecular complexity index is 886. The predicted octanol–water partition coefficient (Wildman–Crippen LogP) is 2.00. The minimum Gasteiger partial charge on any atom is -0.493 e. The zero-order chi connectivity index (χ0) is 20.3. The summed E-state index contributed by atoms with van der Waals surface area (Å²) in [6.07, 6.45) is 0.322. The Morgan fingerprint density at radius 2 is 1.93 bits per heavy atom. The van der Waals surface area contributed by atoms with E-state index in [9.17, 15) is 14.9 Å². The molecule has 0 N–H and O–H groups in total. The molecule has 0 radical (unpaired) electrons. The Hall–Kier alpha value is -3.43. The van der Waals surface area contributed by atoms with Gasteiger partial charge in [0.25, 0.3) is 11.6 Å². The van der Waals surface area contributed by atoms with Crippen LogP contribution in [0.15, 0.2) is 24.3 Å². The molecule has 1 unspecified atom stereocenters. The van der Waals surface area contributed by atoms with E-state index in [2.05, 4.69) is 10.2 Å². The van der Waals surface area contributed by atoms with E-state index in [1.54, 1.807) is 12.1 Å². The van der Waals surface area contributed by atoms with Crippen LogP contribution in [0.5, 0.6) is 17.4 Å². The van der Waals surface area contributed by atoms with Crippen molar-refractivity contribution in [2.75, 3.05) is 27.3 Å². The number of methoxy groups -OCH3 is 2. The zero-order valence-electron chi connectivity index (χ0n) is 15.7. The summed E-state index contributed by atoms with van der Waals surface area (Å²) in [5, 5.41) is 19.3. The quantitative estimate of drug-likeness (QED) is 0.545. The number of nitro groups is 1. The van der Waals surface area contributed by atoms with Crippen molar-refractivity contribution in [3.8, 4) is 17.4 Å². The van der Waals surface area contributed by atoms with Crippen LogP contribution in [-0.4, -0.2) is 59.3 Å². The molecule has 0 aliphatic carbocycles. The van der Waals surface area contributed by atoms with Gasteiger partial charge in [-0.3, -0.25) is 14.9 Å². The zero-order valence-corrected chi connectivity index (χ0v) is 15.7. The average Bonchev–Trinajstić information content (AvgIpc) is 3.16. The van der Waals surface area contributed by atoms with Gasteiger partial charge in [0.15, 0.2) is 11.5 Å². The average molecular weight is 388 g/mol. The highest BCUT2D eigenvalue weighted by atomic mass is 16.6. The summed E-state index contributed by atoms with van der Waals surface area (Å²) in [5.41, 5.74) is 0.381. The lowest BCUT2D eigenvalue weighted by Crippen LogP contribution is -2.31. The number of aryl methyl sites for hydroxylation is 1. The molecular weight excluding hydrogens is 368 g/mol. The van der Waals surface area contributed by atoms with E-state index in [1.165, 1.54) is 31.3 Å². The summed E-state index contributed by atoms with van der Waals surface area (Å²) >= 11 is 0. The lowest BCUT2D eigenvalue weighted by atomic mass is 10.1. The number of ether oxygens (including phenoxy) is 3. The van der Waals surface area contributed by atoms with Crippen LogP contribution < -0.4 is 14.2 Å². The fourth-order valence-electron chi connectivity index (χ4n) is 2.99. The molecule has 2 heterocycles. The number of likely N-dealkylation sites (tertiary alicyclic amines) is 1. The molecule has 1 aromatic carbocycles. The van der Waals surface area contributed by atoms with Gasteiger partial charge in [0, 0.05) is 25.1 Å². The first kappa shape index (κ1) is 19.3. The minimum atomic E-state index is -0.610. The largest absolute Gasteiger partial charge is 0.493 e. The third-order valence-electron chi connectivity index (χ3n) is 4.42. The molecule has 0 spiro atoms. The Kier molecular flexibility index (Phi) is 5.57. The number of hydrogen-bond donors (Lipinski definition) is 0. The van der Waals surface area contributed by atoms with Gasteiger partial charge in [-0.1, -0.05) is 0 Å². The SMILES string of the molecule is COc1cc(C(=O)N2CCC(Oc3ccc(C)nn3)C2)c([N+](=O)[O-])cc1OC. The number of aromatic nitrogens is 2. The van der Waals surface area contributed by atoms with Crippen molar-refractivity contribution in [2.45, 2.75) is 19.4 Å². The first-order valence-electron chi connectivity index (χ1n) is 8.59. The number of nitro benzene ring substituents is 1. The molecule has 1 fully saturated rings. The molecule has 148 valence electrons. The fourth-order valence-corrected chi connectivity index (χ4v) is 2.99. The van der Waals surface area contributed by atoms with Gasteiger partial charge in [0.05, 0.1) is 37.4 Å². The summed E-state index contributed by atoms with van der Waals surface area (Å²) < 4.78 is 16.0. The summed E-state index contributed by atoms with van der Waals surface area (Å²) in [6, 6.07) is 6.02. The van der Waals surface area contributed by atoms with E-state index >= 15 is 0 Å². The molecule has 1 aliphatic heterocycles. The molecular formula is C18H20N4O6. The number of hydrogen-bond acceptors (Lipinski definition) is 8. The predicted molar refractivity (Wildman–Crippen MR) is 97.9 cm³/mol. The second-order valence-electron chi connectivity index (χ2n) is 6.27. The topological polar surface area (TPSA) is 117 Å². The first-order chi connectivity index (χ1) is 13.4. The van der Waals surface area contributed by atoms with E-state index < -0.39 is 10.8 Å². The van der Waals surface area contributed by atoms with Crippen molar-refractivity contribution in [1.29, 1.82) is 0 Å². The van der Waals surface area contributed by atoms with Crippen molar-refractivity contribution in [2.24, 2.45) is 0 Å². The highest BCUT2D eigenvalue weighted by Crippen LogP contribution is 2.35. The normalized spacial score (nSPS) is 16.0. The second-order valence-corrected chi connectivity index (χ2v) is 6.27. The first-order valence-corrected chi connectivity index (χ1v) is 8.59. The summed E-state index contributed by atoms with van der Waals surface area (Å²) in [7, 11) is 2.78. The van der Waals surface area contributed by atoms with Crippen LogP contribution in [0.3, 0.4) is 0 Å². The summed E-state index contributed by atoms with van der Waals surface area (Å²) in [6.45, 7) is 2.52. The van der Waals surface area contributed by atoms with E-state index in [0.717, 1.165) is 5.69 Å². The van der Waals surface area contributed by atoms with Crippen LogP contribution in [0.2, 0.25) is 0 Å². The molecule has 0 saturated carbocycles. The maximum Gasteiger partial charge on any atom is 0.286 e. The number of amides is 1. The molecule has 1 saturated heterocycles. The molecule has 1 aromatic heterocycles. The van der Waals surface area contributed by atoms with Gasteiger partial charge >= 0.3 is 0 Å². The summed E-state index contributed by atoms with van der Waals surface area (Å²) in [5.74, 6) is 0.348. The van der Waals surface area contributed by atoms with Crippen molar-refractivity contribution in [3.05, 3.63) is 45.6 Å². The number of carbonyl (C=O) groups excluding carboxylic acids is 1. The van der Waals surface area contributed by atoms with E-state index in [4.69, 9.17) is 14.2 Å². The molecule has 10 heteroatoms. The highest BCUT2D eigenvalue weighted by molar-refractivity contribution is 5.99. The van der Waals surface area contributed by atoms with Gasteiger partial charge in [0.1, 0.15) is 11.7 Å². The van der Waals surface area contributed by atoms with E-state index in [-0.39, 0.29) is 28.9 Å². The van der Waals surface area contributed by atoms with Gasteiger partial charge in [-0.2, -0.15) is 5.10 Å². The van der Waals surface area contributed by atoms with Gasteiger partial charge in [-0.05, 0) is 13.0 Å². The number of carbonyl (C=O) groups is 1. The smallest absolute Gasteiger partial charge is 0.286 e. The minimum absolute atomic E-state index is 0.0570. The number of rotatable bonds is 6. The van der Waals surface area contributed by atoms with Crippen LogP contribution in [0.4, 0.5) is 5.69 Å². The van der Waals surface area contributed by atoms with E-state index in [1.807, 2.05) is 6.92 Å². The monoisotopic (exact) mass is 388 g/mol. The molecule has 1 aliphatic rings. The molecule has 10 nitrogen and oxygen atoms in total. The van der Waals surface area contributed by atoms with Gasteiger partial charge in [0.2, 0.25) is 5.88 Å². The molecule has 0 bridgehead atoms. The molecule has 3 rings (SSSR count). The third-order valence-corrected chi connectivity index (χ3v) is 4.42. The lowest BCUT2D eigenvalue weighted by molar-refractivity contribution is -0.385. The van der Waals surface area contributed by atoms with Crippen LogP contribution in [0, 0.1) is 17.0 Å². The van der Waals surface area contributed by atoms with E-state index in [0.29, 0.717) is 25.4 Å². The maximum atomic E-state index is 12.9. The lowest BCUT2D eigenvalue weighted by Gasteiger charge is -2.18. The van der Waals surface area contributed by atoms with Gasteiger partial charge in [-0.15, -0.1) is 5.10 Å². The van der Waals surface area contributed by atoms with Gasteiger partial charge in [-0.25, -0.2) is 0 Å². The third kappa shape index (κ3) is 3.95. The Morgan fingerprint density at radius 1 is 1.21 bits per heavy atom. The Morgan fingerprint density at radius 3 is 2.54 bits per heavy atom. The molecule has 1 amide bonds. The Balaban J connectivity index is 1.78. The second kappa shape index (κ2) is 8.07. The van der Waals surface area contributed by atoms with Crippen LogP contribution in [0.25, 0.3) is 0 Å². The van der Waals surface area contributed by atoms with Crippen molar-refractivity contribution in [1.82, 2.24) is 15.1 Å². The number of nitrogens with zero attached hydrogens (tertiary/aromatic N) is 4. The fraction of sp³-hybridized carbons (Fsp3) is 0.389. The molecule has 2 aromatic rings.